The summed E-state index contributed by atoms with van der Waals surface area (Å²) in [7, 11) is 0. The standard InChI is InChI=1S/C24H44/c1-7-11-13-22(12-8-2)18-24(19(5)9-3)23(10-4)20(6)14-15-21-16-17-21/h14,19,21-22H,7-13,15-18H2,1-6H3. The lowest BCUT2D eigenvalue weighted by Gasteiger charge is -2.25. The largest absolute Gasteiger partial charge is 0.0810 e. The van der Waals surface area contributed by atoms with Crippen molar-refractivity contribution < 1.29 is 0 Å². The van der Waals surface area contributed by atoms with E-state index in [-0.39, 0.29) is 0 Å². The van der Waals surface area contributed by atoms with Gasteiger partial charge in [0.1, 0.15) is 0 Å². The van der Waals surface area contributed by atoms with Crippen molar-refractivity contribution in [3.63, 3.8) is 0 Å². The van der Waals surface area contributed by atoms with Crippen LogP contribution in [0.3, 0.4) is 0 Å². The van der Waals surface area contributed by atoms with E-state index < -0.39 is 0 Å². The molecular weight excluding hydrogens is 288 g/mol. The van der Waals surface area contributed by atoms with Crippen LogP contribution in [0.15, 0.2) is 22.8 Å². The molecule has 0 aromatic heterocycles. The van der Waals surface area contributed by atoms with Gasteiger partial charge in [0, 0.05) is 0 Å². The minimum atomic E-state index is 0.741. The minimum Gasteiger partial charge on any atom is -0.0810 e. The zero-order valence-corrected chi connectivity index (χ0v) is 17.6. The third-order valence-corrected chi connectivity index (χ3v) is 6.05. The van der Waals surface area contributed by atoms with Gasteiger partial charge in [-0.1, -0.05) is 83.9 Å². The van der Waals surface area contributed by atoms with Crippen molar-refractivity contribution >= 4 is 0 Å². The van der Waals surface area contributed by atoms with Gasteiger partial charge in [0.2, 0.25) is 0 Å². The van der Waals surface area contributed by atoms with Gasteiger partial charge in [-0.15, -0.1) is 0 Å². The van der Waals surface area contributed by atoms with Gasteiger partial charge in [-0.3, -0.25) is 0 Å². The molecule has 1 aliphatic rings. The zero-order valence-electron chi connectivity index (χ0n) is 17.6. The van der Waals surface area contributed by atoms with Crippen LogP contribution in [0.2, 0.25) is 0 Å². The van der Waals surface area contributed by atoms with Gasteiger partial charge < -0.3 is 0 Å². The molecule has 0 radical (unpaired) electrons. The SMILES string of the molecule is CCCCC(CCC)CC(=C(CC)C(C)=CCC1CC1)C(C)CC. The molecule has 0 saturated heterocycles. The van der Waals surface area contributed by atoms with E-state index in [2.05, 4.69) is 47.6 Å². The molecule has 0 aliphatic heterocycles. The first-order valence-electron chi connectivity index (χ1n) is 11.0. The minimum absolute atomic E-state index is 0.741. The predicted octanol–water partition coefficient (Wildman–Crippen LogP) is 8.48. The Hall–Kier alpha value is -0.520. The summed E-state index contributed by atoms with van der Waals surface area (Å²) in [4.78, 5) is 0. The number of hydrogen-bond donors (Lipinski definition) is 0. The van der Waals surface area contributed by atoms with E-state index in [4.69, 9.17) is 0 Å². The van der Waals surface area contributed by atoms with Gasteiger partial charge in [-0.05, 0) is 68.8 Å². The Labute approximate surface area is 153 Å². The Bertz CT molecular complexity index is 394. The van der Waals surface area contributed by atoms with Gasteiger partial charge in [0.15, 0.2) is 0 Å². The zero-order chi connectivity index (χ0) is 17.9. The molecule has 2 atom stereocenters. The fourth-order valence-electron chi connectivity index (χ4n) is 4.01. The van der Waals surface area contributed by atoms with E-state index in [1.54, 1.807) is 16.7 Å². The molecule has 0 nitrogen and oxygen atoms in total. The molecular formula is C24H44. The quantitative estimate of drug-likeness (QED) is 0.297. The lowest BCUT2D eigenvalue weighted by atomic mass is 9.80. The van der Waals surface area contributed by atoms with Gasteiger partial charge in [-0.25, -0.2) is 0 Å². The van der Waals surface area contributed by atoms with Crippen LogP contribution in [-0.4, -0.2) is 0 Å². The first-order chi connectivity index (χ1) is 11.6. The molecule has 24 heavy (non-hydrogen) atoms. The molecule has 0 N–H and O–H groups in total. The van der Waals surface area contributed by atoms with Gasteiger partial charge in [0.25, 0.3) is 0 Å². The molecule has 0 heteroatoms. The highest BCUT2D eigenvalue weighted by molar-refractivity contribution is 5.35. The van der Waals surface area contributed by atoms with E-state index in [0.29, 0.717) is 0 Å². The molecule has 0 spiro atoms. The molecule has 1 rings (SSSR count). The summed E-state index contributed by atoms with van der Waals surface area (Å²) >= 11 is 0. The van der Waals surface area contributed by atoms with E-state index in [1.165, 1.54) is 70.6 Å². The van der Waals surface area contributed by atoms with E-state index in [1.807, 2.05) is 0 Å². The smallest absolute Gasteiger partial charge is 0.0228 e. The summed E-state index contributed by atoms with van der Waals surface area (Å²) < 4.78 is 0. The fraction of sp³-hybridized carbons (Fsp3) is 0.833. The molecule has 1 fully saturated rings. The van der Waals surface area contributed by atoms with Crippen LogP contribution in [-0.2, 0) is 0 Å². The molecule has 140 valence electrons. The highest BCUT2D eigenvalue weighted by Gasteiger charge is 2.21. The van der Waals surface area contributed by atoms with Crippen molar-refractivity contribution in [1.29, 1.82) is 0 Å². The fourth-order valence-corrected chi connectivity index (χ4v) is 4.01. The normalized spacial score (nSPS) is 19.2. The molecule has 0 aromatic rings. The second kappa shape index (κ2) is 11.9. The second-order valence-electron chi connectivity index (χ2n) is 8.23. The van der Waals surface area contributed by atoms with Crippen LogP contribution in [0.1, 0.15) is 112 Å². The predicted molar refractivity (Wildman–Crippen MR) is 110 cm³/mol. The third-order valence-electron chi connectivity index (χ3n) is 6.05. The molecule has 1 aliphatic carbocycles. The van der Waals surface area contributed by atoms with Gasteiger partial charge >= 0.3 is 0 Å². The average molecular weight is 333 g/mol. The van der Waals surface area contributed by atoms with Crippen LogP contribution < -0.4 is 0 Å². The Morgan fingerprint density at radius 2 is 1.75 bits per heavy atom. The number of unbranched alkanes of at least 4 members (excludes halogenated alkanes) is 1. The molecule has 0 amide bonds. The molecule has 1 saturated carbocycles. The summed E-state index contributed by atoms with van der Waals surface area (Å²) in [5.74, 6) is 2.64. The maximum Gasteiger partial charge on any atom is -0.0228 e. The molecule has 2 unspecified atom stereocenters. The number of hydrogen-bond acceptors (Lipinski definition) is 0. The van der Waals surface area contributed by atoms with E-state index >= 15 is 0 Å². The molecule has 0 bridgehead atoms. The molecule has 0 heterocycles. The van der Waals surface area contributed by atoms with Crippen molar-refractivity contribution in [2.75, 3.05) is 0 Å². The maximum atomic E-state index is 2.56. The Morgan fingerprint density at radius 1 is 1.04 bits per heavy atom. The summed E-state index contributed by atoms with van der Waals surface area (Å²) in [6.07, 6.45) is 17.5. The van der Waals surface area contributed by atoms with Crippen LogP contribution in [0.25, 0.3) is 0 Å². The first kappa shape index (κ1) is 21.5. The van der Waals surface area contributed by atoms with E-state index in [9.17, 15) is 0 Å². The average Bonchev–Trinajstić information content (AvgIpc) is 3.41. The van der Waals surface area contributed by atoms with Crippen LogP contribution in [0.4, 0.5) is 0 Å². The Balaban J connectivity index is 2.97. The third kappa shape index (κ3) is 7.58. The molecule has 0 aromatic carbocycles. The van der Waals surface area contributed by atoms with Crippen molar-refractivity contribution in [1.82, 2.24) is 0 Å². The number of rotatable bonds is 13. The monoisotopic (exact) mass is 332 g/mol. The number of allylic oxidation sites excluding steroid dienone is 4. The highest BCUT2D eigenvalue weighted by atomic mass is 14.3. The lowest BCUT2D eigenvalue weighted by Crippen LogP contribution is -2.10. The highest BCUT2D eigenvalue weighted by Crippen LogP contribution is 2.36. The van der Waals surface area contributed by atoms with Gasteiger partial charge in [-0.2, -0.15) is 0 Å². The summed E-state index contributed by atoms with van der Waals surface area (Å²) in [6, 6.07) is 0. The topological polar surface area (TPSA) is 0 Å². The van der Waals surface area contributed by atoms with Crippen LogP contribution in [0.5, 0.6) is 0 Å². The Kier molecular flexibility index (Phi) is 10.7. The Morgan fingerprint density at radius 3 is 2.25 bits per heavy atom. The van der Waals surface area contributed by atoms with Crippen molar-refractivity contribution in [3.05, 3.63) is 22.8 Å². The first-order valence-corrected chi connectivity index (χ1v) is 11.0. The van der Waals surface area contributed by atoms with Crippen LogP contribution >= 0.6 is 0 Å². The van der Waals surface area contributed by atoms with Crippen molar-refractivity contribution in [3.8, 4) is 0 Å². The second-order valence-corrected chi connectivity index (χ2v) is 8.23. The van der Waals surface area contributed by atoms with E-state index in [0.717, 1.165) is 17.8 Å². The van der Waals surface area contributed by atoms with Crippen molar-refractivity contribution in [2.45, 2.75) is 112 Å². The summed E-state index contributed by atoms with van der Waals surface area (Å²) in [5, 5.41) is 0. The van der Waals surface area contributed by atoms with Gasteiger partial charge in [0.05, 0.1) is 0 Å². The lowest BCUT2D eigenvalue weighted by molar-refractivity contribution is 0.407. The maximum absolute atomic E-state index is 2.56. The summed E-state index contributed by atoms with van der Waals surface area (Å²) in [6.45, 7) is 14.3. The van der Waals surface area contributed by atoms with Crippen molar-refractivity contribution in [2.24, 2.45) is 17.8 Å². The summed E-state index contributed by atoms with van der Waals surface area (Å²) in [5.41, 5.74) is 5.08. The van der Waals surface area contributed by atoms with Crippen LogP contribution in [0, 0.1) is 17.8 Å².